The molecule has 0 radical (unpaired) electrons. The van der Waals surface area contributed by atoms with Gasteiger partial charge in [0, 0.05) is 0 Å². The van der Waals surface area contributed by atoms with Gasteiger partial charge in [0.1, 0.15) is 0 Å². The van der Waals surface area contributed by atoms with Crippen molar-refractivity contribution in [2.75, 3.05) is 0 Å². The van der Waals surface area contributed by atoms with Crippen LogP contribution in [0, 0.1) is 13.8 Å². The third-order valence-corrected chi connectivity index (χ3v) is 4.19. The van der Waals surface area contributed by atoms with Crippen LogP contribution in [0.25, 0.3) is 16.3 Å². The summed E-state index contributed by atoms with van der Waals surface area (Å²) in [7, 11) is 0. The number of hydrogen-bond acceptors (Lipinski definition) is 1. The lowest BCUT2D eigenvalue weighted by molar-refractivity contribution is 0.177. The van der Waals surface area contributed by atoms with Crippen LogP contribution in [-0.4, -0.2) is 11.2 Å². The second kappa shape index (κ2) is 3.96. The molecule has 92 valence electrons. The largest absolute Gasteiger partial charge is 0.392 e. The van der Waals surface area contributed by atoms with Gasteiger partial charge >= 0.3 is 0 Å². The smallest absolute Gasteiger partial charge is 0.0621 e. The lowest BCUT2D eigenvalue weighted by atomic mass is 9.79. The molecule has 1 aliphatic carbocycles. The SMILES string of the molecule is C=C1CC(O)Cc2c(C)c(C)c3ccccc3c21. The highest BCUT2D eigenvalue weighted by atomic mass is 16.3. The number of fused-ring (bicyclic) bond motifs is 3. The fraction of sp³-hybridized carbons (Fsp3) is 0.294. The number of benzene rings is 2. The molecule has 0 amide bonds. The summed E-state index contributed by atoms with van der Waals surface area (Å²) < 4.78 is 0. The zero-order chi connectivity index (χ0) is 12.9. The number of aliphatic hydroxyl groups is 1. The van der Waals surface area contributed by atoms with Crippen LogP contribution in [0.15, 0.2) is 30.8 Å². The maximum Gasteiger partial charge on any atom is 0.0621 e. The molecule has 1 N–H and O–H groups in total. The third kappa shape index (κ3) is 1.51. The standard InChI is InChI=1S/C17H18O/c1-10-8-13(18)9-16-12(3)11(2)14-6-4-5-7-15(14)17(10)16/h4-7,13,18H,1,8-9H2,2-3H3. The van der Waals surface area contributed by atoms with E-state index in [2.05, 4.69) is 44.7 Å². The van der Waals surface area contributed by atoms with E-state index < -0.39 is 0 Å². The summed E-state index contributed by atoms with van der Waals surface area (Å²) in [4.78, 5) is 0. The van der Waals surface area contributed by atoms with Gasteiger partial charge in [-0.2, -0.15) is 0 Å². The maximum atomic E-state index is 9.95. The molecule has 0 heterocycles. The summed E-state index contributed by atoms with van der Waals surface area (Å²) in [5.74, 6) is 0. The molecule has 0 bridgehead atoms. The Morgan fingerprint density at radius 3 is 2.44 bits per heavy atom. The van der Waals surface area contributed by atoms with Gasteiger partial charge in [-0.3, -0.25) is 0 Å². The second-order valence-corrected chi connectivity index (χ2v) is 5.31. The van der Waals surface area contributed by atoms with E-state index in [4.69, 9.17) is 0 Å². The molecule has 1 heteroatoms. The van der Waals surface area contributed by atoms with Crippen molar-refractivity contribution in [1.82, 2.24) is 0 Å². The van der Waals surface area contributed by atoms with Gasteiger partial charge in [-0.15, -0.1) is 0 Å². The molecule has 1 nitrogen and oxygen atoms in total. The van der Waals surface area contributed by atoms with Crippen LogP contribution in [0.5, 0.6) is 0 Å². The molecule has 1 unspecified atom stereocenters. The number of hydrogen-bond donors (Lipinski definition) is 1. The van der Waals surface area contributed by atoms with Gasteiger partial charge < -0.3 is 5.11 Å². The van der Waals surface area contributed by atoms with E-state index in [-0.39, 0.29) is 6.10 Å². The fourth-order valence-electron chi connectivity index (χ4n) is 3.16. The summed E-state index contributed by atoms with van der Waals surface area (Å²) in [6.07, 6.45) is 1.18. The molecule has 0 fully saturated rings. The molecule has 1 aliphatic rings. The molecule has 0 spiro atoms. The van der Waals surface area contributed by atoms with Gasteiger partial charge in [-0.05, 0) is 65.3 Å². The quantitative estimate of drug-likeness (QED) is 0.740. The van der Waals surface area contributed by atoms with Crippen molar-refractivity contribution in [3.63, 3.8) is 0 Å². The van der Waals surface area contributed by atoms with Crippen molar-refractivity contribution in [3.8, 4) is 0 Å². The van der Waals surface area contributed by atoms with Crippen molar-refractivity contribution in [3.05, 3.63) is 53.1 Å². The normalized spacial score (nSPS) is 19.1. The van der Waals surface area contributed by atoms with Crippen molar-refractivity contribution < 1.29 is 5.11 Å². The molecule has 2 aromatic rings. The molecule has 3 rings (SSSR count). The third-order valence-electron chi connectivity index (χ3n) is 4.19. The number of rotatable bonds is 0. The van der Waals surface area contributed by atoms with E-state index in [9.17, 15) is 5.11 Å². The molecule has 18 heavy (non-hydrogen) atoms. The lowest BCUT2D eigenvalue weighted by Crippen LogP contribution is -2.19. The average Bonchev–Trinajstić information content (AvgIpc) is 2.35. The molecular formula is C17H18O. The van der Waals surface area contributed by atoms with E-state index in [1.807, 2.05) is 0 Å². The highest BCUT2D eigenvalue weighted by Crippen LogP contribution is 2.39. The van der Waals surface area contributed by atoms with Crippen molar-refractivity contribution >= 4 is 16.3 Å². The number of aryl methyl sites for hydroxylation is 1. The summed E-state index contributed by atoms with van der Waals surface area (Å²) in [6, 6.07) is 8.51. The molecule has 0 aliphatic heterocycles. The molecular weight excluding hydrogens is 220 g/mol. The van der Waals surface area contributed by atoms with Crippen LogP contribution in [-0.2, 0) is 6.42 Å². The first-order valence-electron chi connectivity index (χ1n) is 6.46. The number of aliphatic hydroxyl groups excluding tert-OH is 1. The minimum Gasteiger partial charge on any atom is -0.392 e. The lowest BCUT2D eigenvalue weighted by Gasteiger charge is -2.27. The molecule has 2 aromatic carbocycles. The van der Waals surface area contributed by atoms with Crippen LogP contribution in [0.4, 0.5) is 0 Å². The average molecular weight is 238 g/mol. The van der Waals surface area contributed by atoms with Gasteiger partial charge in [0.05, 0.1) is 6.10 Å². The Morgan fingerprint density at radius 2 is 1.72 bits per heavy atom. The monoisotopic (exact) mass is 238 g/mol. The van der Waals surface area contributed by atoms with Crippen molar-refractivity contribution in [2.45, 2.75) is 32.8 Å². The molecule has 1 atom stereocenters. The summed E-state index contributed by atoms with van der Waals surface area (Å²) in [5.41, 5.74) is 6.27. The summed E-state index contributed by atoms with van der Waals surface area (Å²) in [6.45, 7) is 8.49. The Kier molecular flexibility index (Phi) is 2.53. The fourth-order valence-corrected chi connectivity index (χ4v) is 3.16. The zero-order valence-electron chi connectivity index (χ0n) is 11.0. The van der Waals surface area contributed by atoms with E-state index in [1.54, 1.807) is 0 Å². The Balaban J connectivity index is 2.46. The molecule has 0 saturated carbocycles. The Labute approximate surface area is 108 Å². The Hall–Kier alpha value is -1.60. The van der Waals surface area contributed by atoms with Gasteiger partial charge in [0.2, 0.25) is 0 Å². The van der Waals surface area contributed by atoms with Crippen LogP contribution in [0.1, 0.15) is 28.7 Å². The molecule has 0 saturated heterocycles. The van der Waals surface area contributed by atoms with Crippen LogP contribution in [0.3, 0.4) is 0 Å². The predicted octanol–water partition coefficient (Wildman–Crippen LogP) is 3.78. The maximum absolute atomic E-state index is 9.95. The first kappa shape index (κ1) is 11.5. The van der Waals surface area contributed by atoms with E-state index >= 15 is 0 Å². The predicted molar refractivity (Wildman–Crippen MR) is 76.8 cm³/mol. The van der Waals surface area contributed by atoms with Crippen molar-refractivity contribution in [2.24, 2.45) is 0 Å². The van der Waals surface area contributed by atoms with E-state index in [1.165, 1.54) is 33.0 Å². The first-order chi connectivity index (χ1) is 8.59. The van der Waals surface area contributed by atoms with Gasteiger partial charge in [0.15, 0.2) is 0 Å². The molecule has 0 aromatic heterocycles. The van der Waals surface area contributed by atoms with Gasteiger partial charge in [-0.1, -0.05) is 30.8 Å². The topological polar surface area (TPSA) is 20.2 Å². The van der Waals surface area contributed by atoms with Crippen molar-refractivity contribution in [1.29, 1.82) is 0 Å². The van der Waals surface area contributed by atoms with E-state index in [0.29, 0.717) is 6.42 Å². The van der Waals surface area contributed by atoms with Gasteiger partial charge in [0.25, 0.3) is 0 Å². The Bertz CT molecular complexity index is 652. The highest BCUT2D eigenvalue weighted by Gasteiger charge is 2.24. The van der Waals surface area contributed by atoms with Crippen LogP contribution >= 0.6 is 0 Å². The minimum atomic E-state index is -0.274. The second-order valence-electron chi connectivity index (χ2n) is 5.31. The zero-order valence-corrected chi connectivity index (χ0v) is 11.0. The van der Waals surface area contributed by atoms with E-state index in [0.717, 1.165) is 12.0 Å². The summed E-state index contributed by atoms with van der Waals surface area (Å²) in [5, 5.41) is 12.5. The van der Waals surface area contributed by atoms with Crippen LogP contribution < -0.4 is 0 Å². The highest BCUT2D eigenvalue weighted by molar-refractivity contribution is 5.98. The first-order valence-corrected chi connectivity index (χ1v) is 6.46. The summed E-state index contributed by atoms with van der Waals surface area (Å²) >= 11 is 0. The van der Waals surface area contributed by atoms with Crippen LogP contribution in [0.2, 0.25) is 0 Å². The Morgan fingerprint density at radius 1 is 1.06 bits per heavy atom. The van der Waals surface area contributed by atoms with Gasteiger partial charge in [-0.25, -0.2) is 0 Å². The minimum absolute atomic E-state index is 0.274.